The SMILES string of the molecule is CN(CCCc1ccc(O)cc1)CC(=O)c1cccc(O)c1. The summed E-state index contributed by atoms with van der Waals surface area (Å²) < 4.78 is 0. The molecule has 0 aliphatic carbocycles. The first kappa shape index (κ1) is 16.0. The van der Waals surface area contributed by atoms with E-state index in [2.05, 4.69) is 0 Å². The highest BCUT2D eigenvalue weighted by Crippen LogP contribution is 2.13. The summed E-state index contributed by atoms with van der Waals surface area (Å²) in [5.74, 6) is 0.390. The van der Waals surface area contributed by atoms with Crippen LogP contribution in [-0.2, 0) is 6.42 Å². The number of phenols is 2. The lowest BCUT2D eigenvalue weighted by atomic mass is 10.1. The summed E-state index contributed by atoms with van der Waals surface area (Å²) >= 11 is 0. The first-order valence-corrected chi connectivity index (χ1v) is 7.33. The lowest BCUT2D eigenvalue weighted by Gasteiger charge is -2.15. The first-order chi connectivity index (χ1) is 10.5. The molecule has 0 spiro atoms. The fourth-order valence-electron chi connectivity index (χ4n) is 2.31. The average Bonchev–Trinajstić information content (AvgIpc) is 2.49. The Morgan fingerprint density at radius 2 is 1.77 bits per heavy atom. The van der Waals surface area contributed by atoms with E-state index in [0.717, 1.165) is 19.4 Å². The third kappa shape index (κ3) is 4.90. The van der Waals surface area contributed by atoms with Gasteiger partial charge in [0.25, 0.3) is 0 Å². The second kappa shape index (κ2) is 7.61. The van der Waals surface area contributed by atoms with E-state index < -0.39 is 0 Å². The van der Waals surface area contributed by atoms with E-state index in [4.69, 9.17) is 0 Å². The van der Waals surface area contributed by atoms with Crippen LogP contribution in [0.2, 0.25) is 0 Å². The summed E-state index contributed by atoms with van der Waals surface area (Å²) in [7, 11) is 1.91. The molecule has 0 bridgehead atoms. The summed E-state index contributed by atoms with van der Waals surface area (Å²) in [6, 6.07) is 13.6. The molecular formula is C18H21NO3. The lowest BCUT2D eigenvalue weighted by Crippen LogP contribution is -2.27. The number of nitrogens with zero attached hydrogens (tertiary/aromatic N) is 1. The van der Waals surface area contributed by atoms with E-state index in [1.165, 1.54) is 11.6 Å². The maximum atomic E-state index is 12.1. The molecule has 0 heterocycles. The molecule has 4 nitrogen and oxygen atoms in total. The van der Waals surface area contributed by atoms with Gasteiger partial charge in [0.2, 0.25) is 0 Å². The van der Waals surface area contributed by atoms with Crippen molar-refractivity contribution in [2.75, 3.05) is 20.1 Å². The molecule has 0 aliphatic rings. The van der Waals surface area contributed by atoms with Crippen LogP contribution >= 0.6 is 0 Å². The Kier molecular flexibility index (Phi) is 5.55. The van der Waals surface area contributed by atoms with Gasteiger partial charge in [0.15, 0.2) is 5.78 Å². The smallest absolute Gasteiger partial charge is 0.176 e. The van der Waals surface area contributed by atoms with Crippen molar-refractivity contribution in [1.82, 2.24) is 4.90 Å². The van der Waals surface area contributed by atoms with Crippen molar-refractivity contribution < 1.29 is 15.0 Å². The number of hydrogen-bond donors (Lipinski definition) is 2. The molecule has 0 aromatic heterocycles. The number of benzene rings is 2. The molecule has 0 saturated carbocycles. The largest absolute Gasteiger partial charge is 0.508 e. The molecular weight excluding hydrogens is 278 g/mol. The van der Waals surface area contributed by atoms with Gasteiger partial charge >= 0.3 is 0 Å². The predicted octanol–water partition coefficient (Wildman–Crippen LogP) is 2.85. The van der Waals surface area contributed by atoms with Crippen molar-refractivity contribution in [3.63, 3.8) is 0 Å². The zero-order chi connectivity index (χ0) is 15.9. The normalized spacial score (nSPS) is 10.8. The molecule has 116 valence electrons. The van der Waals surface area contributed by atoms with Gasteiger partial charge in [-0.25, -0.2) is 0 Å². The number of rotatable bonds is 7. The molecule has 0 fully saturated rings. The summed E-state index contributed by atoms with van der Waals surface area (Å²) in [5, 5.41) is 18.6. The highest BCUT2D eigenvalue weighted by Gasteiger charge is 2.09. The summed E-state index contributed by atoms with van der Waals surface area (Å²) in [4.78, 5) is 14.1. The Morgan fingerprint density at radius 3 is 2.45 bits per heavy atom. The third-order valence-electron chi connectivity index (χ3n) is 3.52. The van der Waals surface area contributed by atoms with Gasteiger partial charge < -0.3 is 10.2 Å². The van der Waals surface area contributed by atoms with Gasteiger partial charge in [0.1, 0.15) is 11.5 Å². The molecule has 0 amide bonds. The second-order valence-corrected chi connectivity index (χ2v) is 5.48. The van der Waals surface area contributed by atoms with Gasteiger partial charge in [-0.1, -0.05) is 24.3 Å². The molecule has 2 N–H and O–H groups in total. The first-order valence-electron chi connectivity index (χ1n) is 7.33. The minimum Gasteiger partial charge on any atom is -0.508 e. The molecule has 0 unspecified atom stereocenters. The van der Waals surface area contributed by atoms with Gasteiger partial charge in [-0.05, 0) is 56.3 Å². The number of carbonyl (C=O) groups is 1. The van der Waals surface area contributed by atoms with E-state index in [1.807, 2.05) is 24.1 Å². The Balaban J connectivity index is 1.76. The van der Waals surface area contributed by atoms with Crippen LogP contribution in [0.5, 0.6) is 11.5 Å². The van der Waals surface area contributed by atoms with Gasteiger partial charge in [-0.15, -0.1) is 0 Å². The molecule has 22 heavy (non-hydrogen) atoms. The highest BCUT2D eigenvalue weighted by atomic mass is 16.3. The Bertz CT molecular complexity index is 622. The quantitative estimate of drug-likeness (QED) is 0.772. The predicted molar refractivity (Wildman–Crippen MR) is 86.4 cm³/mol. The van der Waals surface area contributed by atoms with Crippen LogP contribution in [-0.4, -0.2) is 41.0 Å². The fourth-order valence-corrected chi connectivity index (χ4v) is 2.31. The summed E-state index contributed by atoms with van der Waals surface area (Å²) in [6.07, 6.45) is 1.85. The molecule has 4 heteroatoms. The molecule has 2 aromatic carbocycles. The van der Waals surface area contributed by atoms with Gasteiger partial charge in [0, 0.05) is 5.56 Å². The molecule has 2 aromatic rings. The average molecular weight is 299 g/mol. The zero-order valence-corrected chi connectivity index (χ0v) is 12.7. The van der Waals surface area contributed by atoms with Crippen molar-refractivity contribution in [1.29, 1.82) is 0 Å². The van der Waals surface area contributed by atoms with Crippen molar-refractivity contribution in [3.8, 4) is 11.5 Å². The zero-order valence-electron chi connectivity index (χ0n) is 12.7. The van der Waals surface area contributed by atoms with Gasteiger partial charge in [-0.3, -0.25) is 9.69 Å². The molecule has 0 radical (unpaired) electrons. The molecule has 0 aliphatic heterocycles. The number of Topliss-reactive ketones (excluding diaryl/α,β-unsaturated/α-hetero) is 1. The van der Waals surface area contributed by atoms with Crippen LogP contribution in [0, 0.1) is 0 Å². The maximum Gasteiger partial charge on any atom is 0.176 e. The Morgan fingerprint density at radius 1 is 1.05 bits per heavy atom. The highest BCUT2D eigenvalue weighted by molar-refractivity contribution is 5.97. The lowest BCUT2D eigenvalue weighted by molar-refractivity contribution is 0.0945. The third-order valence-corrected chi connectivity index (χ3v) is 3.52. The summed E-state index contributed by atoms with van der Waals surface area (Å²) in [5.41, 5.74) is 1.70. The minimum absolute atomic E-state index is 0.00281. The molecule has 0 saturated heterocycles. The van der Waals surface area contributed by atoms with Crippen LogP contribution in [0.4, 0.5) is 0 Å². The van der Waals surface area contributed by atoms with Crippen molar-refractivity contribution >= 4 is 5.78 Å². The number of phenolic OH excluding ortho intramolecular Hbond substituents is 2. The minimum atomic E-state index is 0.00281. The number of hydrogen-bond acceptors (Lipinski definition) is 4. The van der Waals surface area contributed by atoms with E-state index >= 15 is 0 Å². The van der Waals surface area contributed by atoms with E-state index in [0.29, 0.717) is 12.1 Å². The van der Waals surface area contributed by atoms with Crippen LogP contribution < -0.4 is 0 Å². The van der Waals surface area contributed by atoms with Crippen LogP contribution in [0.3, 0.4) is 0 Å². The fraction of sp³-hybridized carbons (Fsp3) is 0.278. The maximum absolute atomic E-state index is 12.1. The number of carbonyl (C=O) groups excluding carboxylic acids is 1. The van der Waals surface area contributed by atoms with Crippen LogP contribution in [0.15, 0.2) is 48.5 Å². The van der Waals surface area contributed by atoms with Crippen molar-refractivity contribution in [2.24, 2.45) is 0 Å². The number of likely N-dealkylation sites (N-methyl/N-ethyl adjacent to an activating group) is 1. The van der Waals surface area contributed by atoms with E-state index in [9.17, 15) is 15.0 Å². The number of ketones is 1. The standard InChI is InChI=1S/C18H21NO3/c1-19(11-3-4-14-7-9-16(20)10-8-14)13-18(22)15-5-2-6-17(21)12-15/h2,5-10,12,20-21H,3-4,11,13H2,1H3. The second-order valence-electron chi connectivity index (χ2n) is 5.48. The molecule has 0 atom stereocenters. The van der Waals surface area contributed by atoms with Crippen LogP contribution in [0.25, 0.3) is 0 Å². The topological polar surface area (TPSA) is 60.8 Å². The van der Waals surface area contributed by atoms with E-state index in [1.54, 1.807) is 30.3 Å². The molecule has 2 rings (SSSR count). The monoisotopic (exact) mass is 299 g/mol. The Hall–Kier alpha value is -2.33. The van der Waals surface area contributed by atoms with Gasteiger partial charge in [-0.2, -0.15) is 0 Å². The van der Waals surface area contributed by atoms with Crippen LogP contribution in [0.1, 0.15) is 22.3 Å². The van der Waals surface area contributed by atoms with Gasteiger partial charge in [0.05, 0.1) is 6.54 Å². The number of aromatic hydroxyl groups is 2. The van der Waals surface area contributed by atoms with E-state index in [-0.39, 0.29) is 17.3 Å². The number of aryl methyl sites for hydroxylation is 1. The Labute approximate surface area is 130 Å². The summed E-state index contributed by atoms with van der Waals surface area (Å²) in [6.45, 7) is 1.14. The van der Waals surface area contributed by atoms with Crippen molar-refractivity contribution in [3.05, 3.63) is 59.7 Å². The van der Waals surface area contributed by atoms with Crippen molar-refractivity contribution in [2.45, 2.75) is 12.8 Å².